The molecule has 0 saturated heterocycles. The van der Waals surface area contributed by atoms with E-state index in [4.69, 9.17) is 5.84 Å². The smallest absolute Gasteiger partial charge is 0.294 e. The third-order valence-corrected chi connectivity index (χ3v) is 3.23. The van der Waals surface area contributed by atoms with Gasteiger partial charge in [-0.15, -0.1) is 0 Å². The summed E-state index contributed by atoms with van der Waals surface area (Å²) < 4.78 is 39.0. The van der Waals surface area contributed by atoms with Crippen LogP contribution in [0.15, 0.2) is 18.3 Å². The predicted octanol–water partition coefficient (Wildman–Crippen LogP) is 1.44. The van der Waals surface area contributed by atoms with Gasteiger partial charge in [-0.2, -0.15) is 18.3 Å². The zero-order chi connectivity index (χ0) is 16.5. The molecule has 0 aliphatic heterocycles. The highest BCUT2D eigenvalue weighted by Gasteiger charge is 2.30. The second kappa shape index (κ2) is 5.76. The molecule has 2 rings (SSSR count). The SMILES string of the molecule is Cc1nn(-c2ccc(C(F)(F)F)cn2)c(C)c1CC(=O)NN. The van der Waals surface area contributed by atoms with Gasteiger partial charge in [0.1, 0.15) is 0 Å². The van der Waals surface area contributed by atoms with Crippen LogP contribution in [0.4, 0.5) is 13.2 Å². The van der Waals surface area contributed by atoms with Crippen molar-refractivity contribution in [2.24, 2.45) is 5.84 Å². The molecule has 0 radical (unpaired) electrons. The fourth-order valence-corrected chi connectivity index (χ4v) is 2.04. The van der Waals surface area contributed by atoms with Crippen molar-refractivity contribution in [2.75, 3.05) is 0 Å². The summed E-state index contributed by atoms with van der Waals surface area (Å²) in [4.78, 5) is 15.2. The van der Waals surface area contributed by atoms with Crippen LogP contribution in [0.2, 0.25) is 0 Å². The lowest BCUT2D eigenvalue weighted by atomic mass is 10.1. The van der Waals surface area contributed by atoms with E-state index in [1.54, 1.807) is 13.8 Å². The fraction of sp³-hybridized carbons (Fsp3) is 0.308. The first-order valence-electron chi connectivity index (χ1n) is 6.32. The van der Waals surface area contributed by atoms with E-state index in [2.05, 4.69) is 10.1 Å². The molecule has 9 heteroatoms. The van der Waals surface area contributed by atoms with Crippen molar-refractivity contribution in [1.82, 2.24) is 20.2 Å². The van der Waals surface area contributed by atoms with Crippen molar-refractivity contribution >= 4 is 5.91 Å². The number of hydrogen-bond acceptors (Lipinski definition) is 4. The Morgan fingerprint density at radius 1 is 1.36 bits per heavy atom. The van der Waals surface area contributed by atoms with Gasteiger partial charge in [0.25, 0.3) is 0 Å². The topological polar surface area (TPSA) is 85.8 Å². The van der Waals surface area contributed by atoms with Crippen LogP contribution in [-0.2, 0) is 17.4 Å². The summed E-state index contributed by atoms with van der Waals surface area (Å²) in [5.41, 5.74) is 3.05. The molecule has 1 amide bonds. The molecule has 118 valence electrons. The van der Waals surface area contributed by atoms with Gasteiger partial charge < -0.3 is 0 Å². The molecular weight excluding hydrogens is 299 g/mol. The number of nitrogens with one attached hydrogen (secondary N) is 1. The second-order valence-electron chi connectivity index (χ2n) is 4.71. The van der Waals surface area contributed by atoms with E-state index < -0.39 is 11.7 Å². The van der Waals surface area contributed by atoms with Crippen molar-refractivity contribution < 1.29 is 18.0 Å². The van der Waals surface area contributed by atoms with Crippen molar-refractivity contribution in [1.29, 1.82) is 0 Å². The van der Waals surface area contributed by atoms with E-state index in [-0.39, 0.29) is 18.1 Å². The number of hydrazine groups is 1. The number of carbonyl (C=O) groups excluding carboxylic acids is 1. The Kier molecular flexibility index (Phi) is 4.18. The Labute approximate surface area is 124 Å². The van der Waals surface area contributed by atoms with Gasteiger partial charge in [0.05, 0.1) is 17.7 Å². The van der Waals surface area contributed by atoms with Gasteiger partial charge in [0.15, 0.2) is 5.82 Å². The molecule has 0 aliphatic carbocycles. The first-order chi connectivity index (χ1) is 10.2. The maximum Gasteiger partial charge on any atom is 0.417 e. The maximum absolute atomic E-state index is 12.5. The minimum atomic E-state index is -4.44. The Morgan fingerprint density at radius 2 is 2.05 bits per heavy atom. The molecule has 6 nitrogen and oxygen atoms in total. The lowest BCUT2D eigenvalue weighted by Gasteiger charge is -2.08. The van der Waals surface area contributed by atoms with Crippen LogP contribution in [-0.4, -0.2) is 20.7 Å². The van der Waals surface area contributed by atoms with Crippen molar-refractivity contribution in [3.63, 3.8) is 0 Å². The van der Waals surface area contributed by atoms with Crippen molar-refractivity contribution in [3.05, 3.63) is 40.8 Å². The van der Waals surface area contributed by atoms with Gasteiger partial charge in [-0.3, -0.25) is 10.2 Å². The summed E-state index contributed by atoms with van der Waals surface area (Å²) >= 11 is 0. The number of aryl methyl sites for hydroxylation is 1. The molecule has 22 heavy (non-hydrogen) atoms. The van der Waals surface area contributed by atoms with E-state index in [0.29, 0.717) is 17.0 Å². The Bertz CT molecular complexity index is 691. The first kappa shape index (κ1) is 16.0. The van der Waals surface area contributed by atoms with Gasteiger partial charge in [-0.05, 0) is 26.0 Å². The van der Waals surface area contributed by atoms with Crippen molar-refractivity contribution in [2.45, 2.75) is 26.4 Å². The molecule has 0 spiro atoms. The summed E-state index contributed by atoms with van der Waals surface area (Å²) in [6.07, 6.45) is -3.65. The highest BCUT2D eigenvalue weighted by molar-refractivity contribution is 5.78. The third-order valence-electron chi connectivity index (χ3n) is 3.23. The molecule has 2 aromatic heterocycles. The molecule has 0 aromatic carbocycles. The Hall–Kier alpha value is -2.42. The summed E-state index contributed by atoms with van der Waals surface area (Å²) in [7, 11) is 0. The lowest BCUT2D eigenvalue weighted by Crippen LogP contribution is -2.31. The first-order valence-corrected chi connectivity index (χ1v) is 6.32. The van der Waals surface area contributed by atoms with Crippen LogP contribution < -0.4 is 11.3 Å². The minimum absolute atomic E-state index is 0.0365. The number of nitrogens with two attached hydrogens (primary N) is 1. The molecule has 0 fully saturated rings. The summed E-state index contributed by atoms with van der Waals surface area (Å²) in [5.74, 6) is 4.91. The van der Waals surface area contributed by atoms with Crippen LogP contribution in [0.3, 0.4) is 0 Å². The predicted molar refractivity (Wildman–Crippen MR) is 71.9 cm³/mol. The molecule has 2 aromatic rings. The number of carbonyl (C=O) groups is 1. The van der Waals surface area contributed by atoms with Gasteiger partial charge in [-0.25, -0.2) is 15.5 Å². The van der Waals surface area contributed by atoms with E-state index in [0.717, 1.165) is 12.3 Å². The highest BCUT2D eigenvalue weighted by Crippen LogP contribution is 2.29. The fourth-order valence-electron chi connectivity index (χ4n) is 2.04. The Morgan fingerprint density at radius 3 is 2.55 bits per heavy atom. The monoisotopic (exact) mass is 313 g/mol. The minimum Gasteiger partial charge on any atom is -0.294 e. The number of aromatic nitrogens is 3. The Balaban J connectivity index is 2.37. The van der Waals surface area contributed by atoms with Gasteiger partial charge in [0.2, 0.25) is 5.91 Å². The summed E-state index contributed by atoms with van der Waals surface area (Å²) in [5, 5.41) is 4.21. The summed E-state index contributed by atoms with van der Waals surface area (Å²) in [6.45, 7) is 3.41. The molecule has 0 atom stereocenters. The third kappa shape index (κ3) is 3.08. The molecule has 0 bridgehead atoms. The largest absolute Gasteiger partial charge is 0.417 e. The zero-order valence-electron chi connectivity index (χ0n) is 11.9. The maximum atomic E-state index is 12.5. The zero-order valence-corrected chi connectivity index (χ0v) is 11.9. The standard InChI is InChI=1S/C13H14F3N5O/c1-7-10(5-12(22)19-17)8(2)21(20-7)11-4-3-9(6-18-11)13(14,15)16/h3-4,6H,5,17H2,1-2H3,(H,19,22). The number of halogens is 3. The normalized spacial score (nSPS) is 11.5. The van der Waals surface area contributed by atoms with Crippen molar-refractivity contribution in [3.8, 4) is 5.82 Å². The number of alkyl halides is 3. The van der Waals surface area contributed by atoms with E-state index >= 15 is 0 Å². The lowest BCUT2D eigenvalue weighted by molar-refractivity contribution is -0.137. The highest BCUT2D eigenvalue weighted by atomic mass is 19.4. The average molecular weight is 313 g/mol. The van der Waals surface area contributed by atoms with E-state index in [9.17, 15) is 18.0 Å². The molecule has 0 aliphatic rings. The molecule has 2 heterocycles. The number of pyridine rings is 1. The molecule has 0 saturated carbocycles. The summed E-state index contributed by atoms with van der Waals surface area (Å²) in [6, 6.07) is 2.17. The van der Waals surface area contributed by atoms with Crippen LogP contribution in [0.25, 0.3) is 5.82 Å². The van der Waals surface area contributed by atoms with Crippen LogP contribution in [0.1, 0.15) is 22.5 Å². The van der Waals surface area contributed by atoms with E-state index in [1.165, 1.54) is 10.7 Å². The van der Waals surface area contributed by atoms with Gasteiger partial charge in [-0.1, -0.05) is 0 Å². The second-order valence-corrected chi connectivity index (χ2v) is 4.71. The number of nitrogens with zero attached hydrogens (tertiary/aromatic N) is 3. The number of hydrogen-bond donors (Lipinski definition) is 2. The molecule has 0 unspecified atom stereocenters. The van der Waals surface area contributed by atoms with Crippen LogP contribution in [0, 0.1) is 13.8 Å². The van der Waals surface area contributed by atoms with Gasteiger partial charge in [0, 0.05) is 17.5 Å². The average Bonchev–Trinajstić information content (AvgIpc) is 2.74. The van der Waals surface area contributed by atoms with Crippen LogP contribution >= 0.6 is 0 Å². The number of amides is 1. The number of rotatable bonds is 3. The molecule has 3 N–H and O–H groups in total. The van der Waals surface area contributed by atoms with Gasteiger partial charge >= 0.3 is 6.18 Å². The van der Waals surface area contributed by atoms with E-state index in [1.807, 2.05) is 5.43 Å². The quantitative estimate of drug-likeness (QED) is 0.510. The molecular formula is C13H14F3N5O. The van der Waals surface area contributed by atoms with Crippen LogP contribution in [0.5, 0.6) is 0 Å².